The lowest BCUT2D eigenvalue weighted by Gasteiger charge is -2.30. The molecule has 6 heteroatoms. The van der Waals surface area contributed by atoms with E-state index in [1.165, 1.54) is 0 Å². The Bertz CT molecular complexity index is 687. The normalized spacial score (nSPS) is 31.8. The van der Waals surface area contributed by atoms with Crippen molar-refractivity contribution >= 4 is 29.3 Å². The summed E-state index contributed by atoms with van der Waals surface area (Å²) in [6, 6.07) is 5.58. The highest BCUT2D eigenvalue weighted by molar-refractivity contribution is 6.42. The molecular weight excluding hydrogens is 349 g/mol. The molecule has 1 aromatic rings. The molecule has 3 atom stereocenters. The second-order valence-corrected chi connectivity index (χ2v) is 8.90. The summed E-state index contributed by atoms with van der Waals surface area (Å²) in [5.74, 6) is 0.180. The zero-order valence-electron chi connectivity index (χ0n) is 14.4. The lowest BCUT2D eigenvalue weighted by molar-refractivity contribution is 0.0229. The predicted octanol–water partition coefficient (Wildman–Crippen LogP) is 4.11. The summed E-state index contributed by atoms with van der Waals surface area (Å²) in [4.78, 5) is 14.1. The molecule has 1 amide bonds. The van der Waals surface area contributed by atoms with E-state index in [0.717, 1.165) is 5.56 Å². The van der Waals surface area contributed by atoms with E-state index in [1.54, 1.807) is 11.0 Å². The molecule has 1 saturated carbocycles. The highest BCUT2D eigenvalue weighted by Crippen LogP contribution is 2.72. The summed E-state index contributed by atoms with van der Waals surface area (Å²) >= 11 is 12.2. The maximum atomic E-state index is 12.4. The van der Waals surface area contributed by atoms with Crippen LogP contribution < -0.4 is 0 Å². The van der Waals surface area contributed by atoms with Gasteiger partial charge in [-0.15, -0.1) is 0 Å². The Kier molecular flexibility index (Phi) is 4.10. The maximum absolute atomic E-state index is 12.4. The van der Waals surface area contributed by atoms with Crippen molar-refractivity contribution in [3.05, 3.63) is 33.8 Å². The van der Waals surface area contributed by atoms with Crippen LogP contribution in [0.3, 0.4) is 0 Å². The van der Waals surface area contributed by atoms with E-state index < -0.39 is 5.60 Å². The van der Waals surface area contributed by atoms with Crippen LogP contribution >= 0.6 is 23.2 Å². The monoisotopic (exact) mass is 371 g/mol. The van der Waals surface area contributed by atoms with Crippen LogP contribution in [0.5, 0.6) is 0 Å². The smallest absolute Gasteiger partial charge is 0.410 e. The lowest BCUT2D eigenvalue weighted by Crippen LogP contribution is -2.41. The maximum Gasteiger partial charge on any atom is 0.410 e. The van der Waals surface area contributed by atoms with Gasteiger partial charge in [-0.2, -0.15) is 0 Å². The molecule has 0 unspecified atom stereocenters. The third-order valence-corrected chi connectivity index (χ3v) is 6.30. The molecule has 0 bridgehead atoms. The van der Waals surface area contributed by atoms with Crippen LogP contribution in [0.2, 0.25) is 10.0 Å². The third kappa shape index (κ3) is 2.51. The zero-order valence-corrected chi connectivity index (χ0v) is 15.9. The Balaban J connectivity index is 1.90. The summed E-state index contributed by atoms with van der Waals surface area (Å²) < 4.78 is 5.49. The van der Waals surface area contributed by atoms with Crippen molar-refractivity contribution in [2.24, 2.45) is 11.3 Å². The van der Waals surface area contributed by atoms with Crippen molar-refractivity contribution in [1.29, 1.82) is 0 Å². The largest absolute Gasteiger partial charge is 0.444 e. The van der Waals surface area contributed by atoms with Gasteiger partial charge in [0.25, 0.3) is 0 Å². The van der Waals surface area contributed by atoms with E-state index in [9.17, 15) is 9.90 Å². The van der Waals surface area contributed by atoms with E-state index in [-0.39, 0.29) is 29.4 Å². The summed E-state index contributed by atoms with van der Waals surface area (Å²) in [5, 5.41) is 10.9. The van der Waals surface area contributed by atoms with Crippen molar-refractivity contribution in [2.45, 2.75) is 38.7 Å². The van der Waals surface area contributed by atoms with Gasteiger partial charge in [-0.05, 0) is 44.4 Å². The molecule has 2 fully saturated rings. The molecule has 1 aliphatic carbocycles. The quantitative estimate of drug-likeness (QED) is 0.850. The molecule has 4 nitrogen and oxygen atoms in total. The van der Waals surface area contributed by atoms with E-state index in [0.29, 0.717) is 23.1 Å². The molecule has 1 saturated heterocycles. The molecule has 2 aliphatic rings. The van der Waals surface area contributed by atoms with Gasteiger partial charge >= 0.3 is 6.09 Å². The minimum atomic E-state index is -0.527. The van der Waals surface area contributed by atoms with Crippen molar-refractivity contribution in [3.63, 3.8) is 0 Å². The first kappa shape index (κ1) is 17.8. The van der Waals surface area contributed by atoms with Gasteiger partial charge in [0.15, 0.2) is 0 Å². The lowest BCUT2D eigenvalue weighted by atomic mass is 9.87. The van der Waals surface area contributed by atoms with Gasteiger partial charge in [-0.1, -0.05) is 36.2 Å². The molecule has 3 rings (SSSR count). The minimum Gasteiger partial charge on any atom is -0.444 e. The van der Waals surface area contributed by atoms with Crippen LogP contribution in [0.4, 0.5) is 4.79 Å². The van der Waals surface area contributed by atoms with Gasteiger partial charge < -0.3 is 14.7 Å². The Morgan fingerprint density at radius 2 is 2.04 bits per heavy atom. The fourth-order valence-corrected chi connectivity index (χ4v) is 4.51. The zero-order chi connectivity index (χ0) is 17.9. The number of rotatable bonds is 2. The van der Waals surface area contributed by atoms with Crippen molar-refractivity contribution in [1.82, 2.24) is 4.90 Å². The first-order valence-corrected chi connectivity index (χ1v) is 8.85. The number of carbonyl (C=O) groups is 1. The Morgan fingerprint density at radius 3 is 2.58 bits per heavy atom. The number of hydrogen-bond donors (Lipinski definition) is 1. The number of carbonyl (C=O) groups excluding carboxylic acids is 1. The van der Waals surface area contributed by atoms with Crippen LogP contribution in [0, 0.1) is 11.3 Å². The number of amides is 1. The molecule has 132 valence electrons. The van der Waals surface area contributed by atoms with E-state index in [1.807, 2.05) is 32.9 Å². The SMILES string of the molecule is CC(C)(C)OC(=O)N1C[C@H]2[C@@](c3ccc(Cl)c(Cl)c3)(C1)[C@]2(C)CO. The standard InChI is InChI=1S/C18H23Cl2NO3/c1-16(2,3)24-15(23)21-8-14-17(4,10-22)18(14,9-21)11-5-6-12(19)13(20)7-11/h5-7,14,22H,8-10H2,1-4H3/t14-,17-,18+/m1/s1. The molecule has 1 aromatic carbocycles. The summed E-state index contributed by atoms with van der Waals surface area (Å²) in [7, 11) is 0. The number of nitrogens with zero attached hydrogens (tertiary/aromatic N) is 1. The third-order valence-electron chi connectivity index (χ3n) is 5.56. The van der Waals surface area contributed by atoms with Crippen molar-refractivity contribution < 1.29 is 14.6 Å². The minimum absolute atomic E-state index is 0.0695. The number of piperidine rings is 1. The van der Waals surface area contributed by atoms with Crippen LogP contribution in [-0.4, -0.2) is 41.4 Å². The van der Waals surface area contributed by atoms with E-state index >= 15 is 0 Å². The van der Waals surface area contributed by atoms with Crippen LogP contribution in [0.1, 0.15) is 33.3 Å². The number of likely N-dealkylation sites (tertiary alicyclic amines) is 1. The van der Waals surface area contributed by atoms with Crippen molar-refractivity contribution in [3.8, 4) is 0 Å². The molecule has 0 aromatic heterocycles. The number of aliphatic hydroxyl groups is 1. The molecule has 24 heavy (non-hydrogen) atoms. The van der Waals surface area contributed by atoms with Gasteiger partial charge in [0, 0.05) is 30.5 Å². The van der Waals surface area contributed by atoms with Gasteiger partial charge in [0.2, 0.25) is 0 Å². The van der Waals surface area contributed by atoms with Gasteiger partial charge in [0.1, 0.15) is 5.60 Å². The van der Waals surface area contributed by atoms with E-state index in [4.69, 9.17) is 27.9 Å². The van der Waals surface area contributed by atoms with E-state index in [2.05, 4.69) is 6.92 Å². The second kappa shape index (κ2) is 5.52. The highest BCUT2D eigenvalue weighted by atomic mass is 35.5. The van der Waals surface area contributed by atoms with Gasteiger partial charge in [-0.25, -0.2) is 4.79 Å². The molecule has 1 aliphatic heterocycles. The molecule has 0 spiro atoms. The first-order valence-electron chi connectivity index (χ1n) is 8.09. The van der Waals surface area contributed by atoms with Crippen molar-refractivity contribution in [2.75, 3.05) is 19.7 Å². The molecular formula is C18H23Cl2NO3. The number of hydrogen-bond acceptors (Lipinski definition) is 3. The molecule has 0 radical (unpaired) electrons. The topological polar surface area (TPSA) is 49.8 Å². The number of halogens is 2. The average Bonchev–Trinajstić information content (AvgIpc) is 2.82. The van der Waals surface area contributed by atoms with Gasteiger partial charge in [-0.3, -0.25) is 0 Å². The summed E-state index contributed by atoms with van der Waals surface area (Å²) in [6.45, 7) is 8.79. The van der Waals surface area contributed by atoms with Crippen LogP contribution in [0.25, 0.3) is 0 Å². The Labute approximate surface area is 152 Å². The van der Waals surface area contributed by atoms with Crippen LogP contribution in [0.15, 0.2) is 18.2 Å². The number of aliphatic hydroxyl groups excluding tert-OH is 1. The molecule has 1 heterocycles. The second-order valence-electron chi connectivity index (χ2n) is 8.09. The molecule has 1 N–H and O–H groups in total. The Morgan fingerprint density at radius 1 is 1.38 bits per heavy atom. The predicted molar refractivity (Wildman–Crippen MR) is 94.6 cm³/mol. The number of benzene rings is 1. The number of ether oxygens (including phenoxy) is 1. The first-order chi connectivity index (χ1) is 11.0. The highest BCUT2D eigenvalue weighted by Gasteiger charge is 2.78. The summed E-state index contributed by atoms with van der Waals surface area (Å²) in [6.07, 6.45) is -0.311. The Hall–Kier alpha value is -0.970. The average molecular weight is 372 g/mol. The fourth-order valence-electron chi connectivity index (χ4n) is 4.21. The van der Waals surface area contributed by atoms with Gasteiger partial charge in [0.05, 0.1) is 10.0 Å². The fraction of sp³-hybridized carbons (Fsp3) is 0.611. The number of fused-ring (bicyclic) bond motifs is 1. The summed E-state index contributed by atoms with van der Waals surface area (Å²) in [5.41, 5.74) is -0.0688. The van der Waals surface area contributed by atoms with Crippen LogP contribution in [-0.2, 0) is 10.2 Å².